The molecule has 2 aromatic heterocycles. The number of aryl methyl sites for hydroxylation is 1. The quantitative estimate of drug-likeness (QED) is 0.124. The predicted octanol–water partition coefficient (Wildman–Crippen LogP) is 7.33. The molecule has 1 atom stereocenters. The molecule has 8 heteroatoms. The third-order valence-electron chi connectivity index (χ3n) is 7.37. The van der Waals surface area contributed by atoms with Gasteiger partial charge in [-0.3, -0.25) is 19.5 Å². The number of carbonyl (C=O) groups is 2. The summed E-state index contributed by atoms with van der Waals surface area (Å²) in [7, 11) is 0. The minimum absolute atomic E-state index is 0.0295. The second-order valence-electron chi connectivity index (χ2n) is 10.6. The number of pyridine rings is 1. The summed E-state index contributed by atoms with van der Waals surface area (Å²) in [4.78, 5) is 37.7. The lowest BCUT2D eigenvalue weighted by molar-refractivity contribution is -0.132. The zero-order chi connectivity index (χ0) is 29.4. The molecule has 3 aromatic carbocycles. The van der Waals surface area contributed by atoms with Gasteiger partial charge in [0.1, 0.15) is 24.2 Å². The molecule has 210 valence electrons. The second kappa shape index (κ2) is 11.2. The molecule has 1 aliphatic heterocycles. The molecule has 0 spiro atoms. The molecule has 0 bridgehead atoms. The van der Waals surface area contributed by atoms with Gasteiger partial charge < -0.3 is 9.84 Å². The SMILES string of the molecule is Cc1cc(/C(O)=C2\C(=O)C(=O)N(c3nc4ccc(C(C)C)cc4s3)C2c2ccccn2)ccc1OCc1ccccc1. The summed E-state index contributed by atoms with van der Waals surface area (Å²) in [5.41, 5.74) is 4.55. The summed E-state index contributed by atoms with van der Waals surface area (Å²) in [6, 6.07) is 25.4. The normalized spacial score (nSPS) is 16.5. The fourth-order valence-corrected chi connectivity index (χ4v) is 6.13. The molecular formula is C34H29N3O4S. The van der Waals surface area contributed by atoms with Crippen molar-refractivity contribution < 1.29 is 19.4 Å². The first kappa shape index (κ1) is 27.4. The number of carbonyl (C=O) groups excluding carboxylic acids is 2. The maximum absolute atomic E-state index is 13.6. The summed E-state index contributed by atoms with van der Waals surface area (Å²) >= 11 is 1.34. The van der Waals surface area contributed by atoms with Gasteiger partial charge in [-0.1, -0.05) is 67.6 Å². The summed E-state index contributed by atoms with van der Waals surface area (Å²) in [6.45, 7) is 6.51. The number of anilines is 1. The van der Waals surface area contributed by atoms with E-state index >= 15 is 0 Å². The van der Waals surface area contributed by atoms with Gasteiger partial charge in [0.25, 0.3) is 5.78 Å². The number of amides is 1. The molecular weight excluding hydrogens is 546 g/mol. The van der Waals surface area contributed by atoms with Gasteiger partial charge in [0, 0.05) is 11.8 Å². The van der Waals surface area contributed by atoms with Crippen LogP contribution in [-0.2, 0) is 16.2 Å². The number of aliphatic hydroxyl groups is 1. The topological polar surface area (TPSA) is 92.6 Å². The summed E-state index contributed by atoms with van der Waals surface area (Å²) in [5, 5.41) is 11.9. The Labute approximate surface area is 247 Å². The molecule has 42 heavy (non-hydrogen) atoms. The Morgan fingerprint density at radius 3 is 2.50 bits per heavy atom. The van der Waals surface area contributed by atoms with Crippen LogP contribution in [0.4, 0.5) is 5.13 Å². The maximum Gasteiger partial charge on any atom is 0.301 e. The van der Waals surface area contributed by atoms with Crippen molar-refractivity contribution in [3.8, 4) is 5.75 Å². The first-order chi connectivity index (χ1) is 20.3. The van der Waals surface area contributed by atoms with E-state index in [4.69, 9.17) is 9.72 Å². The molecule has 0 radical (unpaired) electrons. The number of rotatable bonds is 7. The van der Waals surface area contributed by atoms with Crippen molar-refractivity contribution >= 4 is 44.1 Å². The molecule has 5 aromatic rings. The molecule has 6 rings (SSSR count). The fourth-order valence-electron chi connectivity index (χ4n) is 5.09. The number of thiazole rings is 1. The van der Waals surface area contributed by atoms with E-state index in [0.717, 1.165) is 26.9 Å². The number of aliphatic hydroxyl groups excluding tert-OH is 1. The highest BCUT2D eigenvalue weighted by atomic mass is 32.1. The molecule has 1 unspecified atom stereocenters. The van der Waals surface area contributed by atoms with Crippen molar-refractivity contribution in [3.05, 3.63) is 125 Å². The lowest BCUT2D eigenvalue weighted by atomic mass is 9.97. The second-order valence-corrected chi connectivity index (χ2v) is 11.6. The Morgan fingerprint density at radius 1 is 1.00 bits per heavy atom. The van der Waals surface area contributed by atoms with Crippen LogP contribution in [0.15, 0.2) is 96.7 Å². The number of ether oxygens (including phenoxy) is 1. The fraction of sp³-hybridized carbons (Fsp3) is 0.176. The number of aromatic nitrogens is 2. The predicted molar refractivity (Wildman–Crippen MR) is 165 cm³/mol. The van der Waals surface area contributed by atoms with Crippen LogP contribution in [0.1, 0.15) is 53.8 Å². The Hall–Kier alpha value is -4.82. The van der Waals surface area contributed by atoms with Gasteiger partial charge in [-0.05, 0) is 72.0 Å². The van der Waals surface area contributed by atoms with Crippen molar-refractivity contribution in [1.82, 2.24) is 9.97 Å². The van der Waals surface area contributed by atoms with Gasteiger partial charge in [0.05, 0.1) is 21.5 Å². The number of hydrogen-bond acceptors (Lipinski definition) is 7. The summed E-state index contributed by atoms with van der Waals surface area (Å²) < 4.78 is 6.91. The average Bonchev–Trinajstić information content (AvgIpc) is 3.54. The average molecular weight is 576 g/mol. The molecule has 3 heterocycles. The third kappa shape index (κ3) is 5.05. The van der Waals surface area contributed by atoms with Gasteiger partial charge in [-0.2, -0.15) is 0 Å². The van der Waals surface area contributed by atoms with Gasteiger partial charge in [0.2, 0.25) is 0 Å². The minimum Gasteiger partial charge on any atom is -0.507 e. The van der Waals surface area contributed by atoms with Gasteiger partial charge in [-0.15, -0.1) is 0 Å². The number of benzene rings is 3. The third-order valence-corrected chi connectivity index (χ3v) is 8.39. The molecule has 1 fully saturated rings. The van der Waals surface area contributed by atoms with E-state index in [2.05, 4.69) is 24.9 Å². The zero-order valence-electron chi connectivity index (χ0n) is 23.4. The van der Waals surface area contributed by atoms with Gasteiger partial charge in [0.15, 0.2) is 5.13 Å². The molecule has 0 aliphatic carbocycles. The standard InChI is InChI=1S/C34H29N3O4S/c1-20(2)23-12-14-25-28(18-23)42-34(36-25)37-30(26-11-7-8-16-35-26)29(32(39)33(37)40)31(38)24-13-15-27(21(3)17-24)41-19-22-9-5-4-6-10-22/h4-18,20,30,38H,19H2,1-3H3/b31-29+. The van der Waals surface area contributed by atoms with Gasteiger partial charge in [-0.25, -0.2) is 4.98 Å². The van der Waals surface area contributed by atoms with Crippen molar-refractivity contribution in [2.75, 3.05) is 4.90 Å². The van der Waals surface area contributed by atoms with Crippen LogP contribution in [0.2, 0.25) is 0 Å². The monoisotopic (exact) mass is 575 g/mol. The lowest BCUT2D eigenvalue weighted by Crippen LogP contribution is -2.29. The smallest absolute Gasteiger partial charge is 0.301 e. The van der Waals surface area contributed by atoms with Crippen molar-refractivity contribution in [2.45, 2.75) is 39.3 Å². The number of ketones is 1. The molecule has 1 saturated heterocycles. The van der Waals surface area contributed by atoms with Crippen LogP contribution in [-0.4, -0.2) is 26.8 Å². The first-order valence-corrected chi connectivity index (χ1v) is 14.5. The Balaban J connectivity index is 1.40. The van der Waals surface area contributed by atoms with E-state index in [1.54, 1.807) is 42.6 Å². The van der Waals surface area contributed by atoms with Crippen molar-refractivity contribution in [1.29, 1.82) is 0 Å². The maximum atomic E-state index is 13.6. The first-order valence-electron chi connectivity index (χ1n) is 13.7. The van der Waals surface area contributed by atoms with Gasteiger partial charge >= 0.3 is 5.91 Å². The number of Topliss-reactive ketones (excluding diaryl/α,β-unsaturated/α-hetero) is 1. The minimum atomic E-state index is -0.939. The highest BCUT2D eigenvalue weighted by Crippen LogP contribution is 2.44. The Morgan fingerprint density at radius 2 is 1.79 bits per heavy atom. The zero-order valence-corrected chi connectivity index (χ0v) is 24.3. The van der Waals surface area contributed by atoms with Crippen molar-refractivity contribution in [3.63, 3.8) is 0 Å². The van der Waals surface area contributed by atoms with Crippen LogP contribution in [0.3, 0.4) is 0 Å². The Bertz CT molecular complexity index is 1830. The van der Waals surface area contributed by atoms with Crippen molar-refractivity contribution in [2.24, 2.45) is 0 Å². The number of nitrogens with zero attached hydrogens (tertiary/aromatic N) is 3. The van der Waals surface area contributed by atoms with Crippen LogP contribution in [0, 0.1) is 6.92 Å². The number of hydrogen-bond donors (Lipinski definition) is 1. The summed E-state index contributed by atoms with van der Waals surface area (Å²) in [6.07, 6.45) is 1.60. The van der Waals surface area contributed by atoms with Crippen LogP contribution in [0.5, 0.6) is 5.75 Å². The van der Waals surface area contributed by atoms with E-state index in [9.17, 15) is 14.7 Å². The highest BCUT2D eigenvalue weighted by Gasteiger charge is 2.48. The van der Waals surface area contributed by atoms with E-state index in [-0.39, 0.29) is 11.3 Å². The highest BCUT2D eigenvalue weighted by molar-refractivity contribution is 7.22. The van der Waals surface area contributed by atoms with E-state index in [0.29, 0.717) is 34.7 Å². The van der Waals surface area contributed by atoms with E-state index in [1.807, 2.05) is 49.4 Å². The largest absolute Gasteiger partial charge is 0.507 e. The molecule has 0 saturated carbocycles. The van der Waals surface area contributed by atoms with Crippen LogP contribution < -0.4 is 9.64 Å². The lowest BCUT2D eigenvalue weighted by Gasteiger charge is -2.22. The molecule has 1 N–H and O–H groups in total. The summed E-state index contributed by atoms with van der Waals surface area (Å²) in [5.74, 6) is -0.816. The van der Waals surface area contributed by atoms with Crippen LogP contribution >= 0.6 is 11.3 Å². The molecule has 7 nitrogen and oxygen atoms in total. The Kier molecular flexibility index (Phi) is 7.31. The molecule has 1 aliphatic rings. The molecule has 1 amide bonds. The van der Waals surface area contributed by atoms with Crippen LogP contribution in [0.25, 0.3) is 16.0 Å². The van der Waals surface area contributed by atoms with E-state index < -0.39 is 17.7 Å². The van der Waals surface area contributed by atoms with E-state index in [1.165, 1.54) is 16.2 Å². The number of fused-ring (bicyclic) bond motifs is 1.